The van der Waals surface area contributed by atoms with Gasteiger partial charge in [0, 0.05) is 18.2 Å². The first-order chi connectivity index (χ1) is 9.43. The Kier molecular flexibility index (Phi) is 4.16. The Hall–Kier alpha value is -1.78. The van der Waals surface area contributed by atoms with Crippen molar-refractivity contribution in [1.82, 2.24) is 0 Å². The van der Waals surface area contributed by atoms with Crippen LogP contribution in [0.15, 0.2) is 23.4 Å². The van der Waals surface area contributed by atoms with Crippen LogP contribution < -0.4 is 10.6 Å². The number of amidine groups is 1. The third kappa shape index (κ3) is 2.71. The van der Waals surface area contributed by atoms with Gasteiger partial charge < -0.3 is 15.8 Å². The van der Waals surface area contributed by atoms with Gasteiger partial charge in [-0.05, 0) is 43.4 Å². The molecule has 3 unspecified atom stereocenters. The molecule has 1 aliphatic rings. The normalized spacial score (nSPS) is 27.7. The Morgan fingerprint density at radius 2 is 2.10 bits per heavy atom. The van der Waals surface area contributed by atoms with Crippen molar-refractivity contribution in [3.63, 3.8) is 0 Å². The smallest absolute Gasteiger partial charge is 0.170 e. The second kappa shape index (κ2) is 5.69. The minimum Gasteiger partial charge on any atom is -0.409 e. The molecule has 1 saturated heterocycles. The summed E-state index contributed by atoms with van der Waals surface area (Å²) in [7, 11) is 0. The fraction of sp³-hybridized carbons (Fsp3) is 0.533. The van der Waals surface area contributed by atoms with Crippen LogP contribution in [0.1, 0.15) is 32.8 Å². The van der Waals surface area contributed by atoms with Crippen LogP contribution in [0.4, 0.5) is 10.1 Å². The van der Waals surface area contributed by atoms with Crippen molar-refractivity contribution in [2.75, 3.05) is 11.4 Å². The van der Waals surface area contributed by atoms with E-state index in [9.17, 15) is 4.39 Å². The number of hydrogen-bond acceptors (Lipinski definition) is 3. The van der Waals surface area contributed by atoms with Crippen LogP contribution in [0.2, 0.25) is 0 Å². The lowest BCUT2D eigenvalue weighted by Gasteiger charge is -2.42. The number of anilines is 1. The van der Waals surface area contributed by atoms with Crippen molar-refractivity contribution in [2.24, 2.45) is 22.7 Å². The maximum absolute atomic E-state index is 14.3. The first kappa shape index (κ1) is 14.6. The average molecular weight is 279 g/mol. The molecule has 0 saturated carbocycles. The highest BCUT2D eigenvalue weighted by atomic mass is 19.1. The zero-order chi connectivity index (χ0) is 14.9. The predicted octanol–water partition coefficient (Wildman–Crippen LogP) is 2.79. The lowest BCUT2D eigenvalue weighted by atomic mass is 9.85. The number of nitrogens with two attached hydrogens (primary N) is 1. The number of piperidine rings is 1. The van der Waals surface area contributed by atoms with Crippen LogP contribution in [0.25, 0.3) is 0 Å². The van der Waals surface area contributed by atoms with Crippen molar-refractivity contribution in [3.8, 4) is 0 Å². The molecule has 1 aliphatic heterocycles. The highest BCUT2D eigenvalue weighted by molar-refractivity contribution is 5.97. The van der Waals surface area contributed by atoms with Crippen LogP contribution in [0, 0.1) is 17.7 Å². The summed E-state index contributed by atoms with van der Waals surface area (Å²) >= 11 is 0. The molecule has 1 heterocycles. The maximum atomic E-state index is 14.3. The van der Waals surface area contributed by atoms with Crippen molar-refractivity contribution in [2.45, 2.75) is 33.2 Å². The third-order valence-corrected chi connectivity index (χ3v) is 4.26. The fourth-order valence-corrected chi connectivity index (χ4v) is 2.99. The highest BCUT2D eigenvalue weighted by Crippen LogP contribution is 2.32. The summed E-state index contributed by atoms with van der Waals surface area (Å²) in [5.41, 5.74) is 6.46. The second-order valence-corrected chi connectivity index (χ2v) is 5.86. The molecule has 1 aromatic carbocycles. The van der Waals surface area contributed by atoms with Gasteiger partial charge in [0.15, 0.2) is 5.84 Å². The van der Waals surface area contributed by atoms with Crippen molar-refractivity contribution >= 4 is 11.5 Å². The maximum Gasteiger partial charge on any atom is 0.170 e. The van der Waals surface area contributed by atoms with Gasteiger partial charge in [-0.2, -0.15) is 0 Å². The van der Waals surface area contributed by atoms with Crippen LogP contribution in [0.5, 0.6) is 0 Å². The topological polar surface area (TPSA) is 61.8 Å². The van der Waals surface area contributed by atoms with Gasteiger partial charge in [0.2, 0.25) is 0 Å². The quantitative estimate of drug-likeness (QED) is 0.379. The van der Waals surface area contributed by atoms with Gasteiger partial charge in [-0.25, -0.2) is 4.39 Å². The Morgan fingerprint density at radius 3 is 2.70 bits per heavy atom. The highest BCUT2D eigenvalue weighted by Gasteiger charge is 2.30. The summed E-state index contributed by atoms with van der Waals surface area (Å²) in [6, 6.07) is 5.02. The van der Waals surface area contributed by atoms with Crippen molar-refractivity contribution in [1.29, 1.82) is 0 Å². The average Bonchev–Trinajstić information content (AvgIpc) is 2.42. The molecule has 1 aromatic rings. The summed E-state index contributed by atoms with van der Waals surface area (Å²) in [5, 5.41) is 11.5. The van der Waals surface area contributed by atoms with Crippen LogP contribution in [-0.4, -0.2) is 23.6 Å². The van der Waals surface area contributed by atoms with Crippen molar-refractivity contribution < 1.29 is 9.60 Å². The SMILES string of the molecule is CC1CC(C)C(C)N(c2ccc(/C(N)=N/O)cc2F)C1. The van der Waals surface area contributed by atoms with E-state index in [0.717, 1.165) is 6.54 Å². The minimum absolute atomic E-state index is 0.0797. The Labute approximate surface area is 119 Å². The van der Waals surface area contributed by atoms with Crippen LogP contribution in [0.3, 0.4) is 0 Å². The molecule has 0 aliphatic carbocycles. The van der Waals surface area contributed by atoms with E-state index in [1.165, 1.54) is 12.5 Å². The molecule has 20 heavy (non-hydrogen) atoms. The summed E-state index contributed by atoms with van der Waals surface area (Å²) in [5.74, 6) is 0.664. The number of nitrogens with zero attached hydrogens (tertiary/aromatic N) is 2. The van der Waals surface area contributed by atoms with Gasteiger partial charge in [0.25, 0.3) is 0 Å². The Bertz CT molecular complexity index is 518. The molecule has 5 heteroatoms. The zero-order valence-corrected chi connectivity index (χ0v) is 12.2. The summed E-state index contributed by atoms with van der Waals surface area (Å²) in [6.45, 7) is 7.38. The fourth-order valence-electron chi connectivity index (χ4n) is 2.99. The first-order valence-electron chi connectivity index (χ1n) is 6.98. The molecule has 0 bridgehead atoms. The Morgan fingerprint density at radius 1 is 1.40 bits per heavy atom. The molecule has 0 spiro atoms. The first-order valence-corrected chi connectivity index (χ1v) is 6.98. The van der Waals surface area contributed by atoms with E-state index >= 15 is 0 Å². The van der Waals surface area contributed by atoms with Crippen LogP contribution in [-0.2, 0) is 0 Å². The number of rotatable bonds is 2. The number of hydrogen-bond donors (Lipinski definition) is 2. The largest absolute Gasteiger partial charge is 0.409 e. The molecule has 0 aromatic heterocycles. The van der Waals surface area contributed by atoms with Gasteiger partial charge in [0.1, 0.15) is 5.82 Å². The number of oxime groups is 1. The van der Waals surface area contributed by atoms with E-state index in [-0.39, 0.29) is 11.7 Å². The van der Waals surface area contributed by atoms with Crippen LogP contribution >= 0.6 is 0 Å². The monoisotopic (exact) mass is 279 g/mol. The minimum atomic E-state index is -0.331. The second-order valence-electron chi connectivity index (χ2n) is 5.86. The van der Waals surface area contributed by atoms with E-state index < -0.39 is 0 Å². The molecule has 2 rings (SSSR count). The Balaban J connectivity index is 2.33. The van der Waals surface area contributed by atoms with Crippen molar-refractivity contribution in [3.05, 3.63) is 29.6 Å². The molecule has 3 N–H and O–H groups in total. The number of halogens is 1. The molecular weight excluding hydrogens is 257 g/mol. The molecule has 0 amide bonds. The molecule has 4 nitrogen and oxygen atoms in total. The lowest BCUT2D eigenvalue weighted by molar-refractivity contribution is 0.295. The predicted molar refractivity (Wildman–Crippen MR) is 78.7 cm³/mol. The van der Waals surface area contributed by atoms with Gasteiger partial charge in [-0.3, -0.25) is 0 Å². The summed E-state index contributed by atoms with van der Waals surface area (Å²) in [4.78, 5) is 2.12. The molecule has 0 radical (unpaired) electrons. The van der Waals surface area contributed by atoms with E-state index in [1.54, 1.807) is 12.1 Å². The van der Waals surface area contributed by atoms with Gasteiger partial charge in [-0.15, -0.1) is 0 Å². The molecule has 3 atom stereocenters. The molecular formula is C15H22FN3O. The third-order valence-electron chi connectivity index (χ3n) is 4.26. The van der Waals surface area contributed by atoms with E-state index in [2.05, 4.69) is 30.8 Å². The van der Waals surface area contributed by atoms with E-state index in [1.807, 2.05) is 0 Å². The van der Waals surface area contributed by atoms with Gasteiger partial charge in [-0.1, -0.05) is 19.0 Å². The number of benzene rings is 1. The van der Waals surface area contributed by atoms with E-state index in [4.69, 9.17) is 10.9 Å². The summed E-state index contributed by atoms with van der Waals surface area (Å²) in [6.07, 6.45) is 1.17. The van der Waals surface area contributed by atoms with Gasteiger partial charge in [0.05, 0.1) is 5.69 Å². The standard InChI is InChI=1S/C15H22FN3O/c1-9-6-10(2)11(3)19(8-9)14-5-4-12(7-13(14)16)15(17)18-20/h4-5,7,9-11,20H,6,8H2,1-3H3,(H2,17,18). The molecule has 110 valence electrons. The van der Waals surface area contributed by atoms with Gasteiger partial charge >= 0.3 is 0 Å². The zero-order valence-electron chi connectivity index (χ0n) is 12.2. The summed E-state index contributed by atoms with van der Waals surface area (Å²) < 4.78 is 14.3. The molecule has 1 fully saturated rings. The van der Waals surface area contributed by atoms with E-state index in [0.29, 0.717) is 29.1 Å². The lowest BCUT2D eigenvalue weighted by Crippen LogP contribution is -2.46.